The lowest BCUT2D eigenvalue weighted by Crippen LogP contribution is -2.22. The highest BCUT2D eigenvalue weighted by molar-refractivity contribution is 5.83. The summed E-state index contributed by atoms with van der Waals surface area (Å²) in [6.07, 6.45) is 1.71. The molecule has 1 amide bonds. The van der Waals surface area contributed by atoms with Crippen LogP contribution >= 0.6 is 0 Å². The number of carbonyl (C=O) groups excluding carboxylic acids is 1. The maximum atomic E-state index is 13.3. The number of nitrogens with zero attached hydrogens (tertiary/aromatic N) is 1. The molecule has 0 unspecified atom stereocenters. The highest BCUT2D eigenvalue weighted by Gasteiger charge is 2.06. The van der Waals surface area contributed by atoms with Crippen molar-refractivity contribution >= 4 is 16.8 Å². The Morgan fingerprint density at radius 3 is 3.00 bits per heavy atom. The molecule has 1 heterocycles. The molecular weight excluding hydrogens is 195 g/mol. The highest BCUT2D eigenvalue weighted by atomic mass is 19.1. The number of likely N-dealkylation sites (N-methyl/N-ethyl adjacent to an activating group) is 1. The van der Waals surface area contributed by atoms with E-state index < -0.39 is 0 Å². The quantitative estimate of drug-likeness (QED) is 0.794. The Labute approximate surface area is 86.5 Å². The lowest BCUT2D eigenvalue weighted by Gasteiger charge is -2.03. The van der Waals surface area contributed by atoms with Gasteiger partial charge in [-0.05, 0) is 18.2 Å². The van der Waals surface area contributed by atoms with Gasteiger partial charge in [-0.15, -0.1) is 0 Å². The smallest absolute Gasteiger partial charge is 0.239 e. The molecule has 15 heavy (non-hydrogen) atoms. The second-order valence-electron chi connectivity index (χ2n) is 3.29. The first-order valence-electron chi connectivity index (χ1n) is 4.66. The number of nitrogens with one attached hydrogen (secondary N) is 1. The van der Waals surface area contributed by atoms with Gasteiger partial charge in [0.05, 0.1) is 5.52 Å². The average Bonchev–Trinajstić information content (AvgIpc) is 2.63. The fourth-order valence-corrected chi connectivity index (χ4v) is 1.56. The van der Waals surface area contributed by atoms with Crippen molar-refractivity contribution in [3.05, 3.63) is 36.3 Å². The number of carbonyl (C=O) groups is 1. The molecule has 0 saturated heterocycles. The fraction of sp³-hybridized carbons (Fsp3) is 0.182. The van der Waals surface area contributed by atoms with Crippen LogP contribution in [0.1, 0.15) is 0 Å². The van der Waals surface area contributed by atoms with Gasteiger partial charge in [0.25, 0.3) is 0 Å². The molecule has 2 aromatic rings. The van der Waals surface area contributed by atoms with Crippen LogP contribution in [0.15, 0.2) is 30.5 Å². The van der Waals surface area contributed by atoms with Crippen molar-refractivity contribution in [1.82, 2.24) is 9.88 Å². The number of aromatic nitrogens is 1. The van der Waals surface area contributed by atoms with Crippen molar-refractivity contribution in [2.24, 2.45) is 0 Å². The number of hydrogen-bond acceptors (Lipinski definition) is 1. The summed E-state index contributed by atoms with van der Waals surface area (Å²) in [6.45, 7) is 0.212. The summed E-state index contributed by atoms with van der Waals surface area (Å²) in [6, 6.07) is 6.51. The molecule has 0 radical (unpaired) electrons. The topological polar surface area (TPSA) is 34.0 Å². The van der Waals surface area contributed by atoms with E-state index >= 15 is 0 Å². The number of rotatable bonds is 2. The zero-order valence-corrected chi connectivity index (χ0v) is 8.33. The normalized spacial score (nSPS) is 10.5. The van der Waals surface area contributed by atoms with Crippen LogP contribution in [0.5, 0.6) is 0 Å². The van der Waals surface area contributed by atoms with Gasteiger partial charge in [-0.2, -0.15) is 0 Å². The Hall–Kier alpha value is -1.84. The molecule has 78 valence electrons. The Morgan fingerprint density at radius 2 is 2.27 bits per heavy atom. The van der Waals surface area contributed by atoms with Crippen molar-refractivity contribution in [2.75, 3.05) is 7.05 Å². The minimum absolute atomic E-state index is 0.100. The largest absolute Gasteiger partial charge is 0.358 e. The summed E-state index contributed by atoms with van der Waals surface area (Å²) in [7, 11) is 1.58. The molecule has 3 nitrogen and oxygen atoms in total. The van der Waals surface area contributed by atoms with Crippen LogP contribution in [0, 0.1) is 5.82 Å². The van der Waals surface area contributed by atoms with Crippen LogP contribution in [0.3, 0.4) is 0 Å². The van der Waals surface area contributed by atoms with E-state index in [1.807, 2.05) is 0 Å². The van der Waals surface area contributed by atoms with Crippen LogP contribution in [0.4, 0.5) is 4.39 Å². The van der Waals surface area contributed by atoms with E-state index in [1.54, 1.807) is 36.0 Å². The summed E-state index contributed by atoms with van der Waals surface area (Å²) >= 11 is 0. The second kappa shape index (κ2) is 3.73. The molecule has 0 atom stereocenters. The van der Waals surface area contributed by atoms with Gasteiger partial charge in [0.2, 0.25) is 5.91 Å². The molecule has 0 aliphatic heterocycles. The Bertz CT molecular complexity index is 504. The number of benzene rings is 1. The van der Waals surface area contributed by atoms with E-state index in [9.17, 15) is 9.18 Å². The summed E-state index contributed by atoms with van der Waals surface area (Å²) in [5.74, 6) is -0.361. The molecule has 0 fully saturated rings. The van der Waals surface area contributed by atoms with Crippen LogP contribution in [0.25, 0.3) is 10.9 Å². The molecule has 1 N–H and O–H groups in total. The van der Waals surface area contributed by atoms with Crippen molar-refractivity contribution in [3.8, 4) is 0 Å². The summed E-state index contributed by atoms with van der Waals surface area (Å²) < 4.78 is 15.0. The van der Waals surface area contributed by atoms with E-state index in [1.165, 1.54) is 6.07 Å². The SMILES string of the molecule is CNC(=O)Cn1ccc2c(F)cccc21. The first-order valence-corrected chi connectivity index (χ1v) is 4.66. The molecule has 0 spiro atoms. The number of hydrogen-bond donors (Lipinski definition) is 1. The van der Waals surface area contributed by atoms with E-state index in [2.05, 4.69) is 5.32 Å². The summed E-state index contributed by atoms with van der Waals surface area (Å²) in [4.78, 5) is 11.2. The monoisotopic (exact) mass is 206 g/mol. The zero-order chi connectivity index (χ0) is 10.8. The molecule has 0 bridgehead atoms. The van der Waals surface area contributed by atoms with Gasteiger partial charge < -0.3 is 9.88 Å². The maximum Gasteiger partial charge on any atom is 0.239 e. The zero-order valence-electron chi connectivity index (χ0n) is 8.33. The lowest BCUT2D eigenvalue weighted by atomic mass is 10.2. The average molecular weight is 206 g/mol. The van der Waals surface area contributed by atoms with Crippen molar-refractivity contribution in [3.63, 3.8) is 0 Å². The third-order valence-electron chi connectivity index (χ3n) is 2.35. The minimum Gasteiger partial charge on any atom is -0.358 e. The van der Waals surface area contributed by atoms with Gasteiger partial charge >= 0.3 is 0 Å². The van der Waals surface area contributed by atoms with Crippen LogP contribution in [0.2, 0.25) is 0 Å². The van der Waals surface area contributed by atoms with Crippen LogP contribution in [-0.2, 0) is 11.3 Å². The number of halogens is 1. The molecule has 2 rings (SSSR count). The van der Waals surface area contributed by atoms with Gasteiger partial charge in [0.1, 0.15) is 12.4 Å². The molecular formula is C11H11FN2O. The Balaban J connectivity index is 2.45. The highest BCUT2D eigenvalue weighted by Crippen LogP contribution is 2.18. The van der Waals surface area contributed by atoms with E-state index in [0.29, 0.717) is 5.39 Å². The summed E-state index contributed by atoms with van der Waals surface area (Å²) in [5.41, 5.74) is 0.735. The molecule has 0 saturated carbocycles. The van der Waals surface area contributed by atoms with Gasteiger partial charge in [-0.3, -0.25) is 4.79 Å². The third kappa shape index (κ3) is 1.70. The molecule has 0 aliphatic rings. The Kier molecular flexibility index (Phi) is 2.41. The number of fused-ring (bicyclic) bond motifs is 1. The van der Waals surface area contributed by atoms with Crippen molar-refractivity contribution in [1.29, 1.82) is 0 Å². The van der Waals surface area contributed by atoms with Gasteiger partial charge in [0.15, 0.2) is 0 Å². The number of amides is 1. The minimum atomic E-state index is -0.261. The van der Waals surface area contributed by atoms with Gasteiger partial charge in [0, 0.05) is 18.6 Å². The standard InChI is InChI=1S/C11H11FN2O/c1-13-11(15)7-14-6-5-8-9(12)3-2-4-10(8)14/h2-6H,7H2,1H3,(H,13,15). The summed E-state index contributed by atoms with van der Waals surface area (Å²) in [5, 5.41) is 3.07. The predicted molar refractivity (Wildman–Crippen MR) is 56.0 cm³/mol. The predicted octanol–water partition coefficient (Wildman–Crippen LogP) is 1.53. The third-order valence-corrected chi connectivity index (χ3v) is 2.35. The van der Waals surface area contributed by atoms with Crippen LogP contribution in [-0.4, -0.2) is 17.5 Å². The Morgan fingerprint density at radius 1 is 1.47 bits per heavy atom. The molecule has 1 aromatic carbocycles. The van der Waals surface area contributed by atoms with E-state index in [0.717, 1.165) is 5.52 Å². The van der Waals surface area contributed by atoms with E-state index in [-0.39, 0.29) is 18.3 Å². The van der Waals surface area contributed by atoms with Crippen molar-refractivity contribution in [2.45, 2.75) is 6.54 Å². The first kappa shape index (κ1) is 9.71. The van der Waals surface area contributed by atoms with E-state index in [4.69, 9.17) is 0 Å². The van der Waals surface area contributed by atoms with Gasteiger partial charge in [-0.1, -0.05) is 6.07 Å². The maximum absolute atomic E-state index is 13.3. The fourth-order valence-electron chi connectivity index (χ4n) is 1.56. The van der Waals surface area contributed by atoms with Crippen molar-refractivity contribution < 1.29 is 9.18 Å². The first-order chi connectivity index (χ1) is 7.22. The lowest BCUT2D eigenvalue weighted by molar-refractivity contribution is -0.121. The molecule has 4 heteroatoms. The second-order valence-corrected chi connectivity index (χ2v) is 3.29. The van der Waals surface area contributed by atoms with Crippen LogP contribution < -0.4 is 5.32 Å². The molecule has 1 aromatic heterocycles. The van der Waals surface area contributed by atoms with Gasteiger partial charge in [-0.25, -0.2) is 4.39 Å². The molecule has 0 aliphatic carbocycles.